The summed E-state index contributed by atoms with van der Waals surface area (Å²) < 4.78 is 39.4. The van der Waals surface area contributed by atoms with Crippen molar-refractivity contribution in [3.05, 3.63) is 91.9 Å². The van der Waals surface area contributed by atoms with E-state index < -0.39 is 46.4 Å². The Kier molecular flexibility index (Phi) is 6.59. The molecular weight excluding hydrogens is 450 g/mol. The molecule has 2 aromatic carbocycles. The van der Waals surface area contributed by atoms with Crippen LogP contribution in [0.5, 0.6) is 0 Å². The van der Waals surface area contributed by atoms with Gasteiger partial charge in [-0.1, -0.05) is 0 Å². The van der Waals surface area contributed by atoms with Crippen LogP contribution in [0.1, 0.15) is 55.3 Å². The van der Waals surface area contributed by atoms with Crippen LogP contribution in [0, 0.1) is 17.0 Å². The van der Waals surface area contributed by atoms with Crippen LogP contribution in [0.15, 0.2) is 69.1 Å². The van der Waals surface area contributed by atoms with Gasteiger partial charge in [0.15, 0.2) is 0 Å². The van der Waals surface area contributed by atoms with Crippen molar-refractivity contribution in [1.82, 2.24) is 0 Å². The second kappa shape index (κ2) is 8.76. The molecule has 0 saturated heterocycles. The van der Waals surface area contributed by atoms with Gasteiger partial charge in [-0.05, 0) is 0 Å². The van der Waals surface area contributed by atoms with Gasteiger partial charge < -0.3 is 0 Å². The van der Waals surface area contributed by atoms with E-state index in [9.17, 15) is 18.4 Å². The van der Waals surface area contributed by atoms with Crippen LogP contribution in [0.3, 0.4) is 0 Å². The monoisotopic (exact) mass is 476 g/mol. The molecule has 32 heavy (non-hydrogen) atoms. The Morgan fingerprint density at radius 3 is 1.44 bits per heavy atom. The van der Waals surface area contributed by atoms with E-state index in [2.05, 4.69) is 0 Å². The standard InChI is InChI=1S/C10H15.2C7H5FO2.CH3.Ti/c1-7-6-10(4,5)9(3)8(7)2;2*8-6-3-1-5(2-4-6)7(9)10;;/h1-5H3;2*1-4H,(H,9,10);1H3;/q;;;;+2/p-2. The summed E-state index contributed by atoms with van der Waals surface area (Å²) in [4.78, 5) is 26.0. The third kappa shape index (κ3) is 4.48. The Morgan fingerprint density at radius 2 is 1.12 bits per heavy atom. The summed E-state index contributed by atoms with van der Waals surface area (Å²) in [6.07, 6.45) is 0. The molecule has 4 nitrogen and oxygen atoms in total. The van der Waals surface area contributed by atoms with Crippen LogP contribution >= 0.6 is 0 Å². The third-order valence-electron chi connectivity index (χ3n) is 6.25. The Hall–Kier alpha value is -2.57. The maximum atomic E-state index is 13.3. The summed E-state index contributed by atoms with van der Waals surface area (Å²) in [6.45, 7) is 9.96. The summed E-state index contributed by atoms with van der Waals surface area (Å²) in [6, 6.07) is 10.0. The van der Waals surface area contributed by atoms with E-state index in [-0.39, 0.29) is 11.1 Å². The molecule has 0 spiro atoms. The fraction of sp³-hybridized carbons (Fsp3) is 0.280. The Bertz CT molecular complexity index is 1070. The fourth-order valence-electron chi connectivity index (χ4n) is 4.27. The first-order valence-electron chi connectivity index (χ1n) is 10.2. The molecule has 0 N–H and O–H groups in total. The van der Waals surface area contributed by atoms with Gasteiger partial charge in [-0.3, -0.25) is 0 Å². The summed E-state index contributed by atoms with van der Waals surface area (Å²) in [7, 11) is 0. The van der Waals surface area contributed by atoms with Crippen LogP contribution in [0.2, 0.25) is 5.23 Å². The predicted octanol–water partition coefficient (Wildman–Crippen LogP) is 6.66. The number of benzene rings is 2. The topological polar surface area (TPSA) is 52.6 Å². The zero-order chi connectivity index (χ0) is 23.8. The first kappa shape index (κ1) is 24.1. The van der Waals surface area contributed by atoms with E-state index in [1.54, 1.807) is 5.23 Å². The van der Waals surface area contributed by atoms with Gasteiger partial charge in [0, 0.05) is 0 Å². The number of carbonyl (C=O) groups excluding carboxylic acids is 2. The molecule has 0 bridgehead atoms. The van der Waals surface area contributed by atoms with Gasteiger partial charge in [-0.25, -0.2) is 0 Å². The zero-order valence-electron chi connectivity index (χ0n) is 19.0. The van der Waals surface area contributed by atoms with Gasteiger partial charge in [0.25, 0.3) is 0 Å². The molecule has 1 aliphatic rings. The summed E-state index contributed by atoms with van der Waals surface area (Å²) in [5.74, 6) is -2.31. The minimum absolute atomic E-state index is 0.163. The quantitative estimate of drug-likeness (QED) is 0.453. The zero-order valence-corrected chi connectivity index (χ0v) is 20.6. The van der Waals surface area contributed by atoms with Crippen LogP contribution in [0.25, 0.3) is 0 Å². The summed E-state index contributed by atoms with van der Waals surface area (Å²) in [5.41, 5.74) is 2.96. The van der Waals surface area contributed by atoms with Crippen molar-refractivity contribution >= 4 is 11.9 Å². The molecule has 0 heterocycles. The molecule has 0 saturated carbocycles. The molecule has 2 aromatic rings. The molecule has 1 aliphatic carbocycles. The van der Waals surface area contributed by atoms with Crippen LogP contribution < -0.4 is 0 Å². The van der Waals surface area contributed by atoms with E-state index in [1.165, 1.54) is 48.5 Å². The van der Waals surface area contributed by atoms with Gasteiger partial charge in [0.2, 0.25) is 0 Å². The van der Waals surface area contributed by atoms with Crippen molar-refractivity contribution in [3.8, 4) is 0 Å². The number of carbonyl (C=O) groups is 2. The van der Waals surface area contributed by atoms with Gasteiger partial charge in [0.05, 0.1) is 0 Å². The summed E-state index contributed by atoms with van der Waals surface area (Å²) in [5, 5.41) is 1.70. The van der Waals surface area contributed by atoms with E-state index in [1.807, 2.05) is 34.6 Å². The molecule has 0 atom stereocenters. The molecular formula is C25H26F2O4Ti. The molecule has 0 unspecified atom stereocenters. The van der Waals surface area contributed by atoms with Crippen molar-refractivity contribution in [2.45, 2.75) is 39.8 Å². The number of rotatable bonds is 5. The van der Waals surface area contributed by atoms with Crippen molar-refractivity contribution < 1.29 is 42.4 Å². The first-order chi connectivity index (χ1) is 14.9. The van der Waals surface area contributed by atoms with Crippen LogP contribution in [-0.4, -0.2) is 11.9 Å². The normalized spacial score (nSPS) is 15.8. The molecule has 0 aromatic heterocycles. The maximum absolute atomic E-state index is 13.3. The Labute approximate surface area is 191 Å². The minimum atomic E-state index is -4.33. The molecule has 7 heteroatoms. The Balaban J connectivity index is 2.04. The van der Waals surface area contributed by atoms with Gasteiger partial charge in [0.1, 0.15) is 0 Å². The van der Waals surface area contributed by atoms with Crippen molar-refractivity contribution in [2.75, 3.05) is 0 Å². The fourth-order valence-corrected chi connectivity index (χ4v) is 9.55. The van der Waals surface area contributed by atoms with Crippen molar-refractivity contribution in [1.29, 1.82) is 0 Å². The molecule has 0 amide bonds. The average molecular weight is 476 g/mol. The third-order valence-corrected chi connectivity index (χ3v) is 11.0. The van der Waals surface area contributed by atoms with Crippen LogP contribution in [0.4, 0.5) is 8.78 Å². The average Bonchev–Trinajstić information content (AvgIpc) is 2.88. The molecule has 168 valence electrons. The van der Waals surface area contributed by atoms with Gasteiger partial charge in [-0.15, -0.1) is 0 Å². The van der Waals surface area contributed by atoms with Crippen LogP contribution in [-0.2, 0) is 24.0 Å². The first-order valence-corrected chi connectivity index (χ1v) is 13.9. The number of allylic oxidation sites excluding steroid dienone is 4. The van der Waals surface area contributed by atoms with E-state index in [4.69, 9.17) is 6.64 Å². The second-order valence-electron chi connectivity index (χ2n) is 8.61. The molecule has 0 fully saturated rings. The van der Waals surface area contributed by atoms with Crippen molar-refractivity contribution in [2.24, 2.45) is 5.41 Å². The molecule has 0 aliphatic heterocycles. The Morgan fingerprint density at radius 1 is 0.750 bits per heavy atom. The summed E-state index contributed by atoms with van der Waals surface area (Å²) >= 11 is -4.33. The second-order valence-corrected chi connectivity index (χ2v) is 13.0. The SMILES string of the molecule is CC1=C(C)C(C)(C)[C]([Ti]([CH3])([O]C(=O)c2ccc(F)cc2)[O]C(=O)c2ccc(F)cc2)=C1C. The van der Waals surface area contributed by atoms with Gasteiger partial charge >= 0.3 is 191 Å². The predicted molar refractivity (Wildman–Crippen MR) is 114 cm³/mol. The number of hydrogen-bond donors (Lipinski definition) is 0. The van der Waals surface area contributed by atoms with E-state index >= 15 is 0 Å². The number of halogens is 2. The van der Waals surface area contributed by atoms with Crippen molar-refractivity contribution in [3.63, 3.8) is 0 Å². The van der Waals surface area contributed by atoms with Gasteiger partial charge in [-0.2, -0.15) is 0 Å². The molecule has 0 radical (unpaired) electrons. The van der Waals surface area contributed by atoms with E-state index in [0.29, 0.717) is 0 Å². The van der Waals surface area contributed by atoms with E-state index in [0.717, 1.165) is 20.6 Å². The molecule has 3 rings (SSSR count). The number of hydrogen-bond acceptors (Lipinski definition) is 4.